The van der Waals surface area contributed by atoms with Gasteiger partial charge in [0.05, 0.1) is 25.9 Å². The lowest BCUT2D eigenvalue weighted by Crippen LogP contribution is -2.33. The molecule has 10 heteroatoms. The predicted octanol–water partition coefficient (Wildman–Crippen LogP) is 6.80. The van der Waals surface area contributed by atoms with Crippen LogP contribution in [0.5, 0.6) is 0 Å². The molecule has 0 amide bonds. The van der Waals surface area contributed by atoms with E-state index in [1.165, 1.54) is 29.0 Å². The first-order valence-electron chi connectivity index (χ1n) is 7.43. The van der Waals surface area contributed by atoms with Crippen LogP contribution in [0, 0.1) is 0 Å². The second-order valence-corrected chi connectivity index (χ2v) is 7.30. The number of para-hydroxylation sites is 2. The molecule has 0 N–H and O–H groups in total. The molecule has 0 saturated heterocycles. The average molecular weight is 420 g/mol. The highest BCUT2D eigenvalue weighted by Crippen LogP contribution is 2.48. The van der Waals surface area contributed by atoms with Crippen LogP contribution in [0.15, 0.2) is 54.0 Å². The lowest BCUT2D eigenvalue weighted by Gasteiger charge is -2.20. The minimum Gasteiger partial charge on any atom is -0.245 e. The molecule has 0 aliphatic rings. The van der Waals surface area contributed by atoms with E-state index in [2.05, 4.69) is 16.0 Å². The molecule has 2 aromatic carbocycles. The van der Waals surface area contributed by atoms with Crippen LogP contribution in [0.1, 0.15) is 10.9 Å². The molecule has 2 nitrogen and oxygen atoms in total. The number of hydrogen-bond acceptors (Lipinski definition) is 4. The fraction of sp³-hybridized carbons (Fsp3) is 0.176. The van der Waals surface area contributed by atoms with Crippen LogP contribution < -0.4 is 0 Å². The third-order valence-electron chi connectivity index (χ3n) is 3.45. The Bertz CT molecular complexity index is 958. The first-order chi connectivity index (χ1) is 12.7. The van der Waals surface area contributed by atoms with Crippen LogP contribution in [-0.4, -0.2) is 22.3 Å². The zero-order chi connectivity index (χ0) is 19.7. The summed E-state index contributed by atoms with van der Waals surface area (Å²) in [5.41, 5.74) is 3.10. The van der Waals surface area contributed by atoms with Crippen molar-refractivity contribution in [3.63, 3.8) is 0 Å². The van der Waals surface area contributed by atoms with E-state index in [0.29, 0.717) is 16.0 Å². The fourth-order valence-electron chi connectivity index (χ4n) is 2.28. The number of hydrogen-bond donors (Lipinski definition) is 0. The molecule has 0 saturated carbocycles. The zero-order valence-corrected chi connectivity index (χ0v) is 14.9. The molecule has 4 aromatic rings. The standard InChI is InChI=1S/C10H5F6NS.C7H5NS/c11-9(12,13)7(10(14,15)16)8-17-5-3-1-2-4-6(5)18-8;1-2-4-7-6(3-1)8-5-9-7/h1-4,7H;1-5H. The van der Waals surface area contributed by atoms with Gasteiger partial charge in [-0.1, -0.05) is 24.3 Å². The monoisotopic (exact) mass is 420 g/mol. The number of aromatic nitrogens is 2. The topological polar surface area (TPSA) is 25.8 Å². The van der Waals surface area contributed by atoms with Crippen molar-refractivity contribution in [1.29, 1.82) is 0 Å². The SMILES string of the molecule is FC(F)(F)C(c1nc2ccccc2s1)C(F)(F)F.c1ccc2scnc2c1. The third kappa shape index (κ3) is 4.56. The second kappa shape index (κ2) is 7.43. The number of nitrogens with zero attached hydrogens (tertiary/aromatic N) is 2. The highest BCUT2D eigenvalue weighted by Gasteiger charge is 2.59. The number of fused-ring (bicyclic) bond motifs is 2. The van der Waals surface area contributed by atoms with Gasteiger partial charge in [0.15, 0.2) is 0 Å². The molecule has 0 bridgehead atoms. The van der Waals surface area contributed by atoms with Gasteiger partial charge in [0, 0.05) is 0 Å². The summed E-state index contributed by atoms with van der Waals surface area (Å²) in [5, 5.41) is -0.976. The molecular weight excluding hydrogens is 410 g/mol. The summed E-state index contributed by atoms with van der Waals surface area (Å²) in [6.07, 6.45) is -10.8. The van der Waals surface area contributed by atoms with Gasteiger partial charge < -0.3 is 0 Å². The van der Waals surface area contributed by atoms with E-state index in [1.54, 1.807) is 11.3 Å². The Morgan fingerprint density at radius 2 is 1.30 bits per heavy atom. The summed E-state index contributed by atoms with van der Waals surface area (Å²) in [4.78, 5) is 7.56. The predicted molar refractivity (Wildman–Crippen MR) is 94.1 cm³/mol. The number of alkyl halides is 6. The minimum absolute atomic E-state index is 0.135. The van der Waals surface area contributed by atoms with Crippen molar-refractivity contribution in [1.82, 2.24) is 9.97 Å². The highest BCUT2D eigenvalue weighted by molar-refractivity contribution is 7.18. The summed E-state index contributed by atoms with van der Waals surface area (Å²) in [6.45, 7) is 0. The Morgan fingerprint density at radius 3 is 1.85 bits per heavy atom. The van der Waals surface area contributed by atoms with Gasteiger partial charge in [-0.05, 0) is 24.3 Å². The van der Waals surface area contributed by atoms with E-state index in [9.17, 15) is 26.3 Å². The van der Waals surface area contributed by atoms with Gasteiger partial charge in [-0.25, -0.2) is 9.97 Å². The Balaban J connectivity index is 0.000000193. The molecule has 2 aromatic heterocycles. The third-order valence-corrected chi connectivity index (χ3v) is 5.36. The molecule has 0 atom stereocenters. The molecule has 4 rings (SSSR count). The maximum absolute atomic E-state index is 12.5. The lowest BCUT2D eigenvalue weighted by atomic mass is 10.1. The van der Waals surface area contributed by atoms with Gasteiger partial charge in [-0.15, -0.1) is 22.7 Å². The first kappa shape index (κ1) is 19.6. The van der Waals surface area contributed by atoms with Crippen molar-refractivity contribution in [3.05, 3.63) is 59.0 Å². The second-order valence-electron chi connectivity index (χ2n) is 5.36. The fourth-order valence-corrected chi connectivity index (χ4v) is 4.08. The molecule has 2 heterocycles. The van der Waals surface area contributed by atoms with Crippen molar-refractivity contribution < 1.29 is 26.3 Å². The molecule has 0 spiro atoms. The van der Waals surface area contributed by atoms with Crippen LogP contribution in [0.2, 0.25) is 0 Å². The maximum atomic E-state index is 12.5. The summed E-state index contributed by atoms with van der Waals surface area (Å²) in [5.74, 6) is -3.53. The average Bonchev–Trinajstić information content (AvgIpc) is 3.18. The normalized spacial score (nSPS) is 12.4. The molecule has 142 valence electrons. The first-order valence-corrected chi connectivity index (χ1v) is 9.13. The molecule has 0 radical (unpaired) electrons. The number of benzene rings is 2. The van der Waals surface area contributed by atoms with E-state index in [0.717, 1.165) is 5.52 Å². The largest absolute Gasteiger partial charge is 0.406 e. The molecule has 27 heavy (non-hydrogen) atoms. The van der Waals surface area contributed by atoms with Crippen LogP contribution in [0.3, 0.4) is 0 Å². The van der Waals surface area contributed by atoms with Crippen LogP contribution in [0.25, 0.3) is 20.4 Å². The molecule has 0 aliphatic heterocycles. The van der Waals surface area contributed by atoms with Gasteiger partial charge in [0.25, 0.3) is 0 Å². The quantitative estimate of drug-likeness (QED) is 0.317. The van der Waals surface area contributed by atoms with Gasteiger partial charge in [0.2, 0.25) is 5.92 Å². The van der Waals surface area contributed by atoms with E-state index in [1.807, 2.05) is 23.7 Å². The minimum atomic E-state index is -5.40. The number of thiazole rings is 2. The molecular formula is C17H10F6N2S2. The van der Waals surface area contributed by atoms with Gasteiger partial charge in [0.1, 0.15) is 5.01 Å². The van der Waals surface area contributed by atoms with E-state index in [-0.39, 0.29) is 5.52 Å². The highest BCUT2D eigenvalue weighted by atomic mass is 32.1. The summed E-state index contributed by atoms with van der Waals surface area (Å²) in [6, 6.07) is 14.0. The van der Waals surface area contributed by atoms with E-state index in [4.69, 9.17) is 0 Å². The Kier molecular flexibility index (Phi) is 5.38. The van der Waals surface area contributed by atoms with Crippen molar-refractivity contribution in [2.24, 2.45) is 0 Å². The number of halogens is 6. The summed E-state index contributed by atoms with van der Waals surface area (Å²) < 4.78 is 76.4. The smallest absolute Gasteiger partial charge is 0.245 e. The molecule has 0 fully saturated rings. The zero-order valence-electron chi connectivity index (χ0n) is 13.3. The maximum Gasteiger partial charge on any atom is 0.406 e. The van der Waals surface area contributed by atoms with Gasteiger partial charge >= 0.3 is 12.4 Å². The Morgan fingerprint density at radius 1 is 0.741 bits per heavy atom. The van der Waals surface area contributed by atoms with E-state index < -0.39 is 23.3 Å². The summed E-state index contributed by atoms with van der Waals surface area (Å²) in [7, 11) is 0. The van der Waals surface area contributed by atoms with Crippen LogP contribution >= 0.6 is 22.7 Å². The lowest BCUT2D eigenvalue weighted by molar-refractivity contribution is -0.253. The van der Waals surface area contributed by atoms with Gasteiger partial charge in [-0.2, -0.15) is 26.3 Å². The van der Waals surface area contributed by atoms with Crippen LogP contribution in [0.4, 0.5) is 26.3 Å². The molecule has 0 unspecified atom stereocenters. The summed E-state index contributed by atoms with van der Waals surface area (Å²) >= 11 is 2.08. The van der Waals surface area contributed by atoms with Crippen molar-refractivity contribution in [2.45, 2.75) is 18.3 Å². The van der Waals surface area contributed by atoms with Gasteiger partial charge in [-0.3, -0.25) is 0 Å². The Labute approximate surface area is 157 Å². The van der Waals surface area contributed by atoms with Crippen molar-refractivity contribution >= 4 is 43.1 Å². The van der Waals surface area contributed by atoms with Crippen molar-refractivity contribution in [3.8, 4) is 0 Å². The van der Waals surface area contributed by atoms with E-state index >= 15 is 0 Å². The molecule has 0 aliphatic carbocycles. The number of rotatable bonds is 1. The Hall–Kier alpha value is -2.20. The van der Waals surface area contributed by atoms with Crippen molar-refractivity contribution in [2.75, 3.05) is 0 Å². The van der Waals surface area contributed by atoms with Crippen LogP contribution in [-0.2, 0) is 0 Å².